The third-order valence-electron chi connectivity index (χ3n) is 5.34. The van der Waals surface area contributed by atoms with E-state index in [1.165, 1.54) is 58.5 Å². The lowest BCUT2D eigenvalue weighted by molar-refractivity contribution is 0.0310. The maximum atomic E-state index is 5.44. The van der Waals surface area contributed by atoms with Gasteiger partial charge >= 0.3 is 0 Å². The van der Waals surface area contributed by atoms with Gasteiger partial charge in [0, 0.05) is 32.7 Å². The van der Waals surface area contributed by atoms with E-state index in [-0.39, 0.29) is 0 Å². The number of rotatable bonds is 4. The number of nitrogens with zero attached hydrogens (tertiary/aromatic N) is 3. The third kappa shape index (κ3) is 4.17. The van der Waals surface area contributed by atoms with Crippen molar-refractivity contribution in [2.24, 2.45) is 11.8 Å². The van der Waals surface area contributed by atoms with Crippen LogP contribution >= 0.6 is 0 Å². The van der Waals surface area contributed by atoms with Crippen molar-refractivity contribution in [3.63, 3.8) is 0 Å². The summed E-state index contributed by atoms with van der Waals surface area (Å²) in [5.74, 6) is 1.85. The second kappa shape index (κ2) is 7.21. The van der Waals surface area contributed by atoms with Gasteiger partial charge < -0.3 is 14.5 Å². The molecule has 3 saturated heterocycles. The lowest BCUT2D eigenvalue weighted by Crippen LogP contribution is -2.40. The molecule has 4 nitrogen and oxygen atoms in total. The van der Waals surface area contributed by atoms with Crippen molar-refractivity contribution in [3.05, 3.63) is 0 Å². The number of likely N-dealkylation sites (tertiary alicyclic amines) is 2. The van der Waals surface area contributed by atoms with Gasteiger partial charge in [-0.05, 0) is 57.8 Å². The molecule has 0 aromatic heterocycles. The van der Waals surface area contributed by atoms with E-state index < -0.39 is 0 Å². The minimum absolute atomic E-state index is 0.902. The minimum Gasteiger partial charge on any atom is -0.379 e. The van der Waals surface area contributed by atoms with Gasteiger partial charge in [0.15, 0.2) is 0 Å². The summed E-state index contributed by atoms with van der Waals surface area (Å²) in [6.45, 7) is 12.1. The molecule has 0 aromatic rings. The normalized spacial score (nSPS) is 31.9. The third-order valence-corrected chi connectivity index (χ3v) is 5.34. The molecule has 1 unspecified atom stereocenters. The summed E-state index contributed by atoms with van der Waals surface area (Å²) in [5, 5.41) is 0. The highest BCUT2D eigenvalue weighted by Crippen LogP contribution is 2.23. The summed E-state index contributed by atoms with van der Waals surface area (Å²) in [6, 6.07) is 0. The van der Waals surface area contributed by atoms with Crippen LogP contribution in [0.5, 0.6) is 0 Å². The molecule has 20 heavy (non-hydrogen) atoms. The highest BCUT2D eigenvalue weighted by Gasteiger charge is 2.27. The topological polar surface area (TPSA) is 19.0 Å². The quantitative estimate of drug-likeness (QED) is 0.765. The van der Waals surface area contributed by atoms with Crippen LogP contribution in [0.2, 0.25) is 0 Å². The van der Waals surface area contributed by atoms with Crippen molar-refractivity contribution in [1.82, 2.24) is 14.7 Å². The number of ether oxygens (including phenoxy) is 1. The van der Waals surface area contributed by atoms with Gasteiger partial charge in [0.1, 0.15) is 0 Å². The van der Waals surface area contributed by atoms with E-state index in [0.29, 0.717) is 0 Å². The molecular weight excluding hydrogens is 250 g/mol. The zero-order valence-electron chi connectivity index (χ0n) is 13.1. The van der Waals surface area contributed by atoms with Gasteiger partial charge in [0.2, 0.25) is 0 Å². The fourth-order valence-corrected chi connectivity index (χ4v) is 3.99. The van der Waals surface area contributed by atoms with Gasteiger partial charge in [-0.15, -0.1) is 0 Å². The first-order chi connectivity index (χ1) is 9.79. The second-order valence-corrected chi connectivity index (χ2v) is 7.07. The Morgan fingerprint density at radius 2 is 1.45 bits per heavy atom. The first-order valence-electron chi connectivity index (χ1n) is 8.50. The van der Waals surface area contributed by atoms with Gasteiger partial charge in [-0.3, -0.25) is 4.90 Å². The Hall–Kier alpha value is -0.160. The van der Waals surface area contributed by atoms with Crippen LogP contribution in [-0.4, -0.2) is 87.3 Å². The molecule has 0 saturated carbocycles. The van der Waals surface area contributed by atoms with Crippen molar-refractivity contribution in [2.45, 2.75) is 19.3 Å². The first kappa shape index (κ1) is 14.8. The van der Waals surface area contributed by atoms with Crippen molar-refractivity contribution in [3.8, 4) is 0 Å². The molecule has 0 radical (unpaired) electrons. The van der Waals surface area contributed by atoms with Gasteiger partial charge in [-0.1, -0.05) is 0 Å². The van der Waals surface area contributed by atoms with Gasteiger partial charge in [-0.2, -0.15) is 0 Å². The van der Waals surface area contributed by atoms with Crippen LogP contribution in [0.25, 0.3) is 0 Å². The van der Waals surface area contributed by atoms with Crippen molar-refractivity contribution in [1.29, 1.82) is 0 Å². The Bertz CT molecular complexity index is 285. The maximum Gasteiger partial charge on any atom is 0.0594 e. The summed E-state index contributed by atoms with van der Waals surface area (Å²) in [7, 11) is 2.25. The Balaban J connectivity index is 1.36. The standard InChI is InChI=1S/C16H31N3O/c1-17-5-2-15(3-6-17)12-19-7-4-16(14-19)13-18-8-10-20-11-9-18/h15-16H,2-14H2,1H3. The van der Waals surface area contributed by atoms with Crippen molar-refractivity contribution in [2.75, 3.05) is 72.6 Å². The predicted octanol–water partition coefficient (Wildman–Crippen LogP) is 0.982. The van der Waals surface area contributed by atoms with E-state index in [1.54, 1.807) is 0 Å². The summed E-state index contributed by atoms with van der Waals surface area (Å²) in [5.41, 5.74) is 0. The summed E-state index contributed by atoms with van der Waals surface area (Å²) >= 11 is 0. The smallest absolute Gasteiger partial charge is 0.0594 e. The van der Waals surface area contributed by atoms with Crippen LogP contribution in [-0.2, 0) is 4.74 Å². The average Bonchev–Trinajstić information content (AvgIpc) is 2.90. The zero-order valence-corrected chi connectivity index (χ0v) is 13.1. The highest BCUT2D eigenvalue weighted by molar-refractivity contribution is 4.82. The molecule has 0 aromatic carbocycles. The molecule has 116 valence electrons. The molecule has 3 heterocycles. The molecule has 0 spiro atoms. The van der Waals surface area contributed by atoms with E-state index in [2.05, 4.69) is 21.7 Å². The van der Waals surface area contributed by atoms with Crippen LogP contribution in [0.3, 0.4) is 0 Å². The monoisotopic (exact) mass is 281 g/mol. The Morgan fingerprint density at radius 1 is 0.800 bits per heavy atom. The highest BCUT2D eigenvalue weighted by atomic mass is 16.5. The summed E-state index contributed by atoms with van der Waals surface area (Å²) in [6.07, 6.45) is 4.21. The van der Waals surface area contributed by atoms with E-state index in [9.17, 15) is 0 Å². The summed E-state index contributed by atoms with van der Waals surface area (Å²) in [4.78, 5) is 7.82. The number of hydrogen-bond donors (Lipinski definition) is 0. The molecule has 0 N–H and O–H groups in total. The van der Waals surface area contributed by atoms with E-state index in [0.717, 1.165) is 38.1 Å². The molecule has 3 rings (SSSR count). The lowest BCUT2D eigenvalue weighted by atomic mass is 9.97. The van der Waals surface area contributed by atoms with Gasteiger partial charge in [-0.25, -0.2) is 0 Å². The largest absolute Gasteiger partial charge is 0.379 e. The van der Waals surface area contributed by atoms with Crippen LogP contribution in [0.15, 0.2) is 0 Å². The van der Waals surface area contributed by atoms with Crippen LogP contribution in [0, 0.1) is 11.8 Å². The number of piperidine rings is 1. The van der Waals surface area contributed by atoms with Crippen LogP contribution in [0.4, 0.5) is 0 Å². The summed E-state index contributed by atoms with van der Waals surface area (Å²) < 4.78 is 5.44. The van der Waals surface area contributed by atoms with Crippen molar-refractivity contribution < 1.29 is 4.74 Å². The molecule has 0 aliphatic carbocycles. The van der Waals surface area contributed by atoms with Gasteiger partial charge in [0.05, 0.1) is 13.2 Å². The lowest BCUT2D eigenvalue weighted by Gasteiger charge is -2.32. The molecule has 0 amide bonds. The Labute approximate surface area is 124 Å². The Kier molecular flexibility index (Phi) is 5.32. The number of hydrogen-bond acceptors (Lipinski definition) is 4. The Morgan fingerprint density at radius 3 is 2.20 bits per heavy atom. The van der Waals surface area contributed by atoms with Crippen LogP contribution in [0.1, 0.15) is 19.3 Å². The zero-order chi connectivity index (χ0) is 13.8. The van der Waals surface area contributed by atoms with Crippen molar-refractivity contribution >= 4 is 0 Å². The second-order valence-electron chi connectivity index (χ2n) is 7.07. The maximum absolute atomic E-state index is 5.44. The fourth-order valence-electron chi connectivity index (χ4n) is 3.99. The fraction of sp³-hybridized carbons (Fsp3) is 1.00. The minimum atomic E-state index is 0.902. The molecule has 3 aliphatic rings. The molecule has 3 fully saturated rings. The van der Waals surface area contributed by atoms with Gasteiger partial charge in [0.25, 0.3) is 0 Å². The first-order valence-corrected chi connectivity index (χ1v) is 8.50. The average molecular weight is 281 g/mol. The molecule has 3 aliphatic heterocycles. The van der Waals surface area contributed by atoms with E-state index in [1.807, 2.05) is 0 Å². The van der Waals surface area contributed by atoms with E-state index in [4.69, 9.17) is 4.74 Å². The molecule has 4 heteroatoms. The van der Waals surface area contributed by atoms with Crippen LogP contribution < -0.4 is 0 Å². The SMILES string of the molecule is CN1CCC(CN2CCC(CN3CCOCC3)C2)CC1. The molecule has 0 bridgehead atoms. The molecular formula is C16H31N3O. The van der Waals surface area contributed by atoms with E-state index >= 15 is 0 Å². The molecule has 1 atom stereocenters. The predicted molar refractivity (Wildman–Crippen MR) is 82.0 cm³/mol. The number of morpholine rings is 1.